The fourth-order valence-corrected chi connectivity index (χ4v) is 2.18. The molecule has 0 aliphatic rings. The Labute approximate surface area is 133 Å². The van der Waals surface area contributed by atoms with Gasteiger partial charge >= 0.3 is 0 Å². The van der Waals surface area contributed by atoms with E-state index in [1.807, 2.05) is 19.1 Å². The summed E-state index contributed by atoms with van der Waals surface area (Å²) < 4.78 is 14.5. The topological polar surface area (TPSA) is 17.8 Å². The molecule has 0 atom stereocenters. The monoisotopic (exact) mass is 302 g/mol. The fourth-order valence-electron chi connectivity index (χ4n) is 2.18. The summed E-state index contributed by atoms with van der Waals surface area (Å²) in [6.45, 7) is 14.2. The van der Waals surface area contributed by atoms with Crippen LogP contribution in [0, 0.1) is 0 Å². The van der Waals surface area contributed by atoms with Gasteiger partial charge in [-0.15, -0.1) is 0 Å². The summed E-state index contributed by atoms with van der Waals surface area (Å²) in [6, 6.07) is 1.94. The molecule has 0 aliphatic carbocycles. The third-order valence-electron chi connectivity index (χ3n) is 4.15. The number of aromatic nitrogens is 2. The highest BCUT2D eigenvalue weighted by atomic mass is 19.1. The molecule has 0 amide bonds. The molecule has 0 saturated heterocycles. The van der Waals surface area contributed by atoms with E-state index in [0.717, 1.165) is 28.8 Å². The number of rotatable bonds is 7. The summed E-state index contributed by atoms with van der Waals surface area (Å²) in [6.07, 6.45) is 6.77. The average Bonchev–Trinajstić information content (AvgIpc) is 2.98. The minimum Gasteiger partial charge on any atom is -0.262 e. The smallest absolute Gasteiger partial charge is 0.109 e. The zero-order chi connectivity index (χ0) is 16.7. The first-order valence-electron chi connectivity index (χ1n) is 7.72. The average molecular weight is 302 g/mol. The molecular formula is C19H27FN2. The van der Waals surface area contributed by atoms with Crippen molar-refractivity contribution in [3.05, 3.63) is 59.0 Å². The van der Waals surface area contributed by atoms with Crippen LogP contribution in [0.25, 0.3) is 5.57 Å². The minimum absolute atomic E-state index is 0.273. The van der Waals surface area contributed by atoms with Crippen LogP contribution >= 0.6 is 0 Å². The van der Waals surface area contributed by atoms with Gasteiger partial charge in [0.2, 0.25) is 0 Å². The number of allylic oxidation sites excluding steroid dienone is 7. The summed E-state index contributed by atoms with van der Waals surface area (Å²) in [5.41, 5.74) is 6.85. The van der Waals surface area contributed by atoms with Gasteiger partial charge in [0.15, 0.2) is 0 Å². The molecule has 0 spiro atoms. The summed E-state index contributed by atoms with van der Waals surface area (Å²) in [4.78, 5) is 0. The zero-order valence-electron chi connectivity index (χ0n) is 14.4. The highest BCUT2D eigenvalue weighted by molar-refractivity contribution is 5.80. The third kappa shape index (κ3) is 4.30. The van der Waals surface area contributed by atoms with Crippen molar-refractivity contribution in [2.45, 2.75) is 47.6 Å². The largest absolute Gasteiger partial charge is 0.262 e. The van der Waals surface area contributed by atoms with Crippen LogP contribution < -0.4 is 0 Å². The highest BCUT2D eigenvalue weighted by Crippen LogP contribution is 2.28. The molecule has 0 unspecified atom stereocenters. The highest BCUT2D eigenvalue weighted by Gasteiger charge is 2.12. The van der Waals surface area contributed by atoms with Gasteiger partial charge in [0.25, 0.3) is 0 Å². The Hall–Kier alpha value is -1.90. The van der Waals surface area contributed by atoms with Gasteiger partial charge in [-0.3, -0.25) is 4.68 Å². The quantitative estimate of drug-likeness (QED) is 0.608. The van der Waals surface area contributed by atoms with E-state index in [1.165, 1.54) is 11.1 Å². The molecule has 1 aromatic rings. The van der Waals surface area contributed by atoms with Crippen molar-refractivity contribution in [3.63, 3.8) is 0 Å². The normalized spacial score (nSPS) is 14.5. The number of alkyl halides is 1. The summed E-state index contributed by atoms with van der Waals surface area (Å²) in [7, 11) is 0. The van der Waals surface area contributed by atoms with E-state index < -0.39 is 6.67 Å². The SMILES string of the molecule is C=C/C(C)=C(C)/C(=C\C(C)=C(/C)CC)c1ccnn1CCF. The van der Waals surface area contributed by atoms with Crippen LogP contribution in [0.2, 0.25) is 0 Å². The zero-order valence-corrected chi connectivity index (χ0v) is 14.4. The second-order valence-electron chi connectivity index (χ2n) is 5.52. The number of nitrogens with zero attached hydrogens (tertiary/aromatic N) is 2. The number of halogens is 1. The van der Waals surface area contributed by atoms with E-state index in [4.69, 9.17) is 0 Å². The first-order valence-corrected chi connectivity index (χ1v) is 7.72. The van der Waals surface area contributed by atoms with Crippen LogP contribution in [0.4, 0.5) is 4.39 Å². The molecule has 0 saturated carbocycles. The second kappa shape index (κ2) is 8.52. The Morgan fingerprint density at radius 1 is 1.27 bits per heavy atom. The van der Waals surface area contributed by atoms with Crippen LogP contribution in [0.15, 0.2) is 53.3 Å². The molecule has 1 aromatic heterocycles. The van der Waals surface area contributed by atoms with E-state index >= 15 is 0 Å². The predicted molar refractivity (Wildman–Crippen MR) is 93.4 cm³/mol. The molecule has 0 bridgehead atoms. The van der Waals surface area contributed by atoms with Gasteiger partial charge in [0, 0.05) is 11.8 Å². The van der Waals surface area contributed by atoms with Gasteiger partial charge < -0.3 is 0 Å². The van der Waals surface area contributed by atoms with E-state index in [9.17, 15) is 4.39 Å². The number of aryl methyl sites for hydroxylation is 1. The summed E-state index contributed by atoms with van der Waals surface area (Å²) in [5.74, 6) is 0. The molecule has 1 rings (SSSR count). The molecule has 1 heterocycles. The molecule has 0 aliphatic heterocycles. The Morgan fingerprint density at radius 3 is 2.50 bits per heavy atom. The molecule has 120 valence electrons. The first kappa shape index (κ1) is 18.1. The van der Waals surface area contributed by atoms with Crippen molar-refractivity contribution in [2.75, 3.05) is 6.67 Å². The maximum atomic E-state index is 12.8. The van der Waals surface area contributed by atoms with E-state index in [0.29, 0.717) is 0 Å². The standard InChI is InChI=1S/C19H27FN2/c1-7-14(3)16(5)13-18(17(6)15(4)8-2)19-9-11-21-22(19)12-10-20/h8-9,11,13H,2,7,10,12H2,1,3-6H3/b16-14+,17-15+,18-13+. The lowest BCUT2D eigenvalue weighted by Crippen LogP contribution is -2.07. The number of hydrogen-bond acceptors (Lipinski definition) is 1. The van der Waals surface area contributed by atoms with Gasteiger partial charge in [-0.05, 0) is 57.4 Å². The molecule has 0 radical (unpaired) electrons. The van der Waals surface area contributed by atoms with Crippen molar-refractivity contribution in [1.82, 2.24) is 9.78 Å². The van der Waals surface area contributed by atoms with Crippen LogP contribution in [0.5, 0.6) is 0 Å². The fraction of sp³-hybridized carbons (Fsp3) is 0.421. The van der Waals surface area contributed by atoms with Crippen LogP contribution in [0.1, 0.15) is 46.7 Å². The molecular weight excluding hydrogens is 275 g/mol. The molecule has 0 N–H and O–H groups in total. The number of hydrogen-bond donors (Lipinski definition) is 0. The third-order valence-corrected chi connectivity index (χ3v) is 4.15. The van der Waals surface area contributed by atoms with Crippen LogP contribution in [-0.2, 0) is 6.54 Å². The van der Waals surface area contributed by atoms with Gasteiger partial charge in [-0.25, -0.2) is 4.39 Å². The minimum atomic E-state index is -0.423. The van der Waals surface area contributed by atoms with Crippen molar-refractivity contribution in [1.29, 1.82) is 0 Å². The first-order chi connectivity index (χ1) is 10.5. The Bertz CT molecular complexity index is 615. The maximum Gasteiger partial charge on any atom is 0.109 e. The summed E-state index contributed by atoms with van der Waals surface area (Å²) >= 11 is 0. The molecule has 0 fully saturated rings. The van der Waals surface area contributed by atoms with Crippen molar-refractivity contribution in [2.24, 2.45) is 0 Å². The lowest BCUT2D eigenvalue weighted by molar-refractivity contribution is 0.425. The van der Waals surface area contributed by atoms with Crippen molar-refractivity contribution >= 4 is 5.57 Å². The molecule has 3 heteroatoms. The van der Waals surface area contributed by atoms with Gasteiger partial charge in [0.1, 0.15) is 6.67 Å². The van der Waals surface area contributed by atoms with Crippen molar-refractivity contribution in [3.8, 4) is 0 Å². The Balaban J connectivity index is 3.51. The second-order valence-corrected chi connectivity index (χ2v) is 5.52. The van der Waals surface area contributed by atoms with Crippen LogP contribution in [-0.4, -0.2) is 16.5 Å². The molecule has 2 nitrogen and oxygen atoms in total. The maximum absolute atomic E-state index is 12.8. The van der Waals surface area contributed by atoms with Gasteiger partial charge in [-0.2, -0.15) is 5.10 Å². The molecule has 22 heavy (non-hydrogen) atoms. The summed E-state index contributed by atoms with van der Waals surface area (Å²) in [5, 5.41) is 4.24. The van der Waals surface area contributed by atoms with E-state index in [1.54, 1.807) is 10.9 Å². The van der Waals surface area contributed by atoms with Gasteiger partial charge in [0.05, 0.1) is 12.2 Å². The van der Waals surface area contributed by atoms with Crippen LogP contribution in [0.3, 0.4) is 0 Å². The predicted octanol–water partition coefficient (Wildman–Crippen LogP) is 5.50. The lowest BCUT2D eigenvalue weighted by Gasteiger charge is -2.14. The van der Waals surface area contributed by atoms with Crippen molar-refractivity contribution < 1.29 is 4.39 Å². The lowest BCUT2D eigenvalue weighted by atomic mass is 9.95. The van der Waals surface area contributed by atoms with Gasteiger partial charge in [-0.1, -0.05) is 30.7 Å². The Kier molecular flexibility index (Phi) is 7.03. The van der Waals surface area contributed by atoms with E-state index in [-0.39, 0.29) is 6.54 Å². The Morgan fingerprint density at radius 2 is 1.95 bits per heavy atom. The van der Waals surface area contributed by atoms with E-state index in [2.05, 4.69) is 45.4 Å². The molecule has 0 aromatic carbocycles.